The first-order valence-electron chi connectivity index (χ1n) is 12.7. The van der Waals surface area contributed by atoms with Gasteiger partial charge in [0.2, 0.25) is 5.91 Å². The summed E-state index contributed by atoms with van der Waals surface area (Å²) in [6.07, 6.45) is 6.02. The molecule has 5 N–H and O–H groups in total. The second-order valence-electron chi connectivity index (χ2n) is 10.9. The average molecular weight is 497 g/mol. The average Bonchev–Trinajstić information content (AvgIpc) is 2.83. The van der Waals surface area contributed by atoms with Gasteiger partial charge in [0, 0.05) is 57.2 Å². The van der Waals surface area contributed by atoms with Crippen LogP contribution in [-0.2, 0) is 11.3 Å². The van der Waals surface area contributed by atoms with Gasteiger partial charge < -0.3 is 31.1 Å². The first-order valence-corrected chi connectivity index (χ1v) is 12.7. The summed E-state index contributed by atoms with van der Waals surface area (Å²) in [5.41, 5.74) is 13.2. The van der Waals surface area contributed by atoms with E-state index in [0.717, 1.165) is 37.5 Å². The van der Waals surface area contributed by atoms with E-state index in [9.17, 15) is 9.59 Å². The molecule has 1 aliphatic carbocycles. The lowest BCUT2D eigenvalue weighted by Crippen LogP contribution is -2.59. The van der Waals surface area contributed by atoms with Crippen molar-refractivity contribution in [1.82, 2.24) is 20.0 Å². The minimum Gasteiger partial charge on any atom is -0.338 e. The van der Waals surface area contributed by atoms with Gasteiger partial charge in [0.05, 0.1) is 5.54 Å². The molecular weight excluding hydrogens is 456 g/mol. The molecule has 1 aromatic carbocycles. The lowest BCUT2D eigenvalue weighted by molar-refractivity contribution is -0.137. The van der Waals surface area contributed by atoms with Crippen molar-refractivity contribution in [2.24, 2.45) is 22.4 Å². The molecule has 4 rings (SSSR count). The molecule has 0 unspecified atom stereocenters. The third kappa shape index (κ3) is 6.63. The number of carbonyl (C=O) groups is 2. The van der Waals surface area contributed by atoms with E-state index >= 15 is 0 Å². The van der Waals surface area contributed by atoms with E-state index in [1.54, 1.807) is 23.6 Å². The molecule has 1 saturated heterocycles. The van der Waals surface area contributed by atoms with Crippen LogP contribution in [0.5, 0.6) is 0 Å². The minimum atomic E-state index is -0.904. The van der Waals surface area contributed by atoms with Crippen LogP contribution in [0.2, 0.25) is 0 Å². The molecule has 10 nitrogen and oxygen atoms in total. The minimum absolute atomic E-state index is 0.0961. The molecule has 0 atom stereocenters. The van der Waals surface area contributed by atoms with Gasteiger partial charge in [-0.25, -0.2) is 9.79 Å². The molecule has 3 aliphatic rings. The lowest BCUT2D eigenvalue weighted by atomic mass is 9.80. The van der Waals surface area contributed by atoms with E-state index < -0.39 is 5.54 Å². The normalized spacial score (nSPS) is 22.4. The molecule has 3 amide bonds. The predicted molar refractivity (Wildman–Crippen MR) is 142 cm³/mol. The number of hydrogen-bond acceptors (Lipinski definition) is 7. The number of amides is 3. The van der Waals surface area contributed by atoms with Crippen LogP contribution >= 0.6 is 0 Å². The van der Waals surface area contributed by atoms with Crippen molar-refractivity contribution in [2.75, 3.05) is 51.3 Å². The third-order valence-corrected chi connectivity index (χ3v) is 7.01. The second kappa shape index (κ2) is 11.0. The highest BCUT2D eigenvalue weighted by Crippen LogP contribution is 2.26. The maximum Gasteiger partial charge on any atom is 0.323 e. The SMILES string of the molecule is CN(Cc1ccc(N2C=CC(NC(=O)N3CCN(C(=O)C(C)(C)N)CC3)=NC2)cc1)CC1CC(N)C1. The number of carbonyl (C=O) groups excluding carboxylic acids is 2. The van der Waals surface area contributed by atoms with Crippen molar-refractivity contribution in [1.29, 1.82) is 0 Å². The summed E-state index contributed by atoms with van der Waals surface area (Å²) in [6.45, 7) is 7.72. The van der Waals surface area contributed by atoms with E-state index in [1.807, 2.05) is 17.2 Å². The highest BCUT2D eigenvalue weighted by molar-refractivity contribution is 6.04. The highest BCUT2D eigenvalue weighted by atomic mass is 16.2. The van der Waals surface area contributed by atoms with Gasteiger partial charge in [-0.15, -0.1) is 0 Å². The van der Waals surface area contributed by atoms with E-state index in [0.29, 0.717) is 44.7 Å². The topological polar surface area (TPSA) is 124 Å². The van der Waals surface area contributed by atoms with Gasteiger partial charge >= 0.3 is 6.03 Å². The summed E-state index contributed by atoms with van der Waals surface area (Å²) < 4.78 is 0. The summed E-state index contributed by atoms with van der Waals surface area (Å²) in [7, 11) is 2.16. The fourth-order valence-electron chi connectivity index (χ4n) is 4.92. The number of piperazine rings is 1. The van der Waals surface area contributed by atoms with Gasteiger partial charge in [-0.1, -0.05) is 12.1 Å². The summed E-state index contributed by atoms with van der Waals surface area (Å²) in [5, 5.41) is 2.88. The molecule has 0 radical (unpaired) electrons. The molecule has 2 aliphatic heterocycles. The highest BCUT2D eigenvalue weighted by Gasteiger charge is 2.31. The number of hydrogen-bond donors (Lipinski definition) is 3. The Hall–Kier alpha value is -2.95. The Kier molecular flexibility index (Phi) is 7.97. The van der Waals surface area contributed by atoms with Crippen LogP contribution in [0.25, 0.3) is 0 Å². The molecule has 0 spiro atoms. The van der Waals surface area contributed by atoms with Crippen molar-refractivity contribution < 1.29 is 9.59 Å². The molecule has 1 saturated carbocycles. The summed E-state index contributed by atoms with van der Waals surface area (Å²) in [4.78, 5) is 37.3. The Balaban J connectivity index is 1.21. The zero-order valence-corrected chi connectivity index (χ0v) is 21.7. The second-order valence-corrected chi connectivity index (χ2v) is 10.9. The number of rotatable bonds is 6. The number of urea groups is 1. The Labute approximate surface area is 214 Å². The fourth-order valence-corrected chi connectivity index (χ4v) is 4.92. The lowest BCUT2D eigenvalue weighted by Gasteiger charge is -2.37. The Morgan fingerprint density at radius 2 is 1.75 bits per heavy atom. The van der Waals surface area contributed by atoms with Gasteiger partial charge in [0.25, 0.3) is 0 Å². The first kappa shape index (κ1) is 26.1. The number of nitrogens with one attached hydrogen (secondary N) is 1. The quantitative estimate of drug-likeness (QED) is 0.543. The first-order chi connectivity index (χ1) is 17.1. The van der Waals surface area contributed by atoms with Gasteiger partial charge in [-0.2, -0.15) is 0 Å². The number of benzene rings is 1. The molecule has 2 fully saturated rings. The molecule has 0 bridgehead atoms. The van der Waals surface area contributed by atoms with Crippen LogP contribution in [0.3, 0.4) is 0 Å². The van der Waals surface area contributed by atoms with Gasteiger partial charge in [-0.05, 0) is 63.4 Å². The van der Waals surface area contributed by atoms with Gasteiger partial charge in [0.15, 0.2) is 0 Å². The Morgan fingerprint density at radius 1 is 1.11 bits per heavy atom. The third-order valence-electron chi connectivity index (χ3n) is 7.01. The molecule has 0 aromatic heterocycles. The fraction of sp³-hybridized carbons (Fsp3) is 0.577. The van der Waals surface area contributed by atoms with Crippen LogP contribution in [0.1, 0.15) is 32.3 Å². The number of nitrogens with zero attached hydrogens (tertiary/aromatic N) is 5. The van der Waals surface area contributed by atoms with E-state index in [4.69, 9.17) is 11.5 Å². The summed E-state index contributed by atoms with van der Waals surface area (Å²) >= 11 is 0. The Morgan fingerprint density at radius 3 is 2.31 bits per heavy atom. The van der Waals surface area contributed by atoms with Crippen LogP contribution in [0, 0.1) is 5.92 Å². The van der Waals surface area contributed by atoms with Crippen molar-refractivity contribution in [3.05, 3.63) is 42.1 Å². The molecule has 196 valence electrons. The number of amidine groups is 1. The number of anilines is 1. The maximum absolute atomic E-state index is 12.7. The summed E-state index contributed by atoms with van der Waals surface area (Å²) in [5.74, 6) is 1.17. The number of nitrogens with two attached hydrogens (primary N) is 2. The zero-order valence-electron chi connectivity index (χ0n) is 21.7. The zero-order chi connectivity index (χ0) is 25.9. The van der Waals surface area contributed by atoms with Crippen LogP contribution < -0.4 is 21.7 Å². The standard InChI is InChI=1S/C26H40N8O2/c1-26(2,28)24(35)32-10-12-33(13-11-32)25(36)30-23-8-9-34(18-29-23)22-6-4-19(5-7-22)16-31(3)17-20-14-21(27)15-20/h4-9,20-21H,10-18,27-28H2,1-3H3,(H,29,30,36). The van der Waals surface area contributed by atoms with Crippen molar-refractivity contribution in [3.63, 3.8) is 0 Å². The smallest absolute Gasteiger partial charge is 0.323 e. The molecule has 10 heteroatoms. The van der Waals surface area contributed by atoms with E-state index in [2.05, 4.69) is 46.5 Å². The monoisotopic (exact) mass is 496 g/mol. The predicted octanol–water partition coefficient (Wildman–Crippen LogP) is 1.14. The molecular formula is C26H40N8O2. The number of aliphatic imine (C=N–C) groups is 1. The Bertz CT molecular complexity index is 986. The van der Waals surface area contributed by atoms with Crippen LogP contribution in [-0.4, -0.2) is 90.5 Å². The molecule has 1 aromatic rings. The summed E-state index contributed by atoms with van der Waals surface area (Å²) in [6, 6.07) is 8.72. The van der Waals surface area contributed by atoms with Crippen molar-refractivity contribution in [3.8, 4) is 0 Å². The van der Waals surface area contributed by atoms with Crippen molar-refractivity contribution in [2.45, 2.75) is 44.8 Å². The molecule has 36 heavy (non-hydrogen) atoms. The van der Waals surface area contributed by atoms with Crippen LogP contribution in [0.15, 0.2) is 41.5 Å². The maximum atomic E-state index is 12.7. The van der Waals surface area contributed by atoms with Crippen LogP contribution in [0.4, 0.5) is 10.5 Å². The van der Waals surface area contributed by atoms with Crippen molar-refractivity contribution >= 4 is 23.5 Å². The van der Waals surface area contributed by atoms with Gasteiger partial charge in [-0.3, -0.25) is 10.1 Å². The largest absolute Gasteiger partial charge is 0.338 e. The van der Waals surface area contributed by atoms with E-state index in [1.165, 1.54) is 5.56 Å². The molecule has 2 heterocycles. The van der Waals surface area contributed by atoms with Gasteiger partial charge in [0.1, 0.15) is 12.5 Å². The van der Waals surface area contributed by atoms with E-state index in [-0.39, 0.29) is 11.9 Å².